The van der Waals surface area contributed by atoms with Crippen molar-refractivity contribution >= 4 is 11.5 Å². The largest absolute Gasteiger partial charge is 0.496 e. The first-order chi connectivity index (χ1) is 10.2. The van der Waals surface area contributed by atoms with Crippen molar-refractivity contribution in [1.29, 1.82) is 0 Å². The lowest BCUT2D eigenvalue weighted by molar-refractivity contribution is 0.0971. The van der Waals surface area contributed by atoms with Gasteiger partial charge in [-0.1, -0.05) is 18.2 Å². The lowest BCUT2D eigenvalue weighted by atomic mass is 9.91. The lowest BCUT2D eigenvalue weighted by Crippen LogP contribution is -2.23. The summed E-state index contributed by atoms with van der Waals surface area (Å²) in [4.78, 5) is 12.3. The lowest BCUT2D eigenvalue weighted by Gasteiger charge is -2.28. The number of rotatable bonds is 3. The van der Waals surface area contributed by atoms with Gasteiger partial charge in [-0.05, 0) is 24.3 Å². The molecule has 1 aliphatic rings. The normalized spacial score (nSPS) is 16.9. The number of anilines is 1. The number of hydrogen-bond acceptors (Lipinski definition) is 4. The molecule has 1 heterocycles. The highest BCUT2D eigenvalue weighted by molar-refractivity contribution is 6.03. The Kier molecular flexibility index (Phi) is 3.52. The highest BCUT2D eigenvalue weighted by atomic mass is 16.5. The molecule has 4 nitrogen and oxygen atoms in total. The Labute approximate surface area is 123 Å². The van der Waals surface area contributed by atoms with Crippen LogP contribution in [0, 0.1) is 0 Å². The van der Waals surface area contributed by atoms with Gasteiger partial charge in [0.1, 0.15) is 11.5 Å². The predicted octanol–water partition coefficient (Wildman–Crippen LogP) is 3.44. The topological polar surface area (TPSA) is 47.6 Å². The van der Waals surface area contributed by atoms with Crippen LogP contribution in [0.15, 0.2) is 42.5 Å². The Bertz CT molecular complexity index is 659. The number of ether oxygens (including phenoxy) is 2. The molecule has 0 spiro atoms. The van der Waals surface area contributed by atoms with Crippen molar-refractivity contribution in [3.05, 3.63) is 53.6 Å². The van der Waals surface area contributed by atoms with Gasteiger partial charge in [-0.25, -0.2) is 0 Å². The molecule has 0 saturated heterocycles. The molecule has 0 amide bonds. The Morgan fingerprint density at radius 1 is 1.00 bits per heavy atom. The molecular weight excluding hydrogens is 266 g/mol. The standard InChI is InChI=1S/C17H17NO3/c1-20-15-8-5-9-16(21-2)17(15)13-10-14(19)11-6-3-4-7-12(11)18-13/h3-9,13,18H,10H2,1-2H3. The van der Waals surface area contributed by atoms with Gasteiger partial charge in [-0.3, -0.25) is 4.79 Å². The molecule has 1 atom stereocenters. The summed E-state index contributed by atoms with van der Waals surface area (Å²) in [6.07, 6.45) is 0.383. The molecule has 0 saturated carbocycles. The summed E-state index contributed by atoms with van der Waals surface area (Å²) in [6.45, 7) is 0. The van der Waals surface area contributed by atoms with Crippen molar-refractivity contribution in [2.75, 3.05) is 19.5 Å². The summed E-state index contributed by atoms with van der Waals surface area (Å²) >= 11 is 0. The first-order valence-electron chi connectivity index (χ1n) is 6.84. The molecule has 1 N–H and O–H groups in total. The molecule has 1 unspecified atom stereocenters. The highest BCUT2D eigenvalue weighted by Crippen LogP contribution is 2.40. The molecule has 0 fully saturated rings. The number of carbonyl (C=O) groups excluding carboxylic acids is 1. The van der Waals surface area contributed by atoms with E-state index in [1.54, 1.807) is 14.2 Å². The second-order valence-corrected chi connectivity index (χ2v) is 4.95. The van der Waals surface area contributed by atoms with Crippen molar-refractivity contribution in [2.24, 2.45) is 0 Å². The van der Waals surface area contributed by atoms with Crippen molar-refractivity contribution in [3.63, 3.8) is 0 Å². The predicted molar refractivity (Wildman–Crippen MR) is 81.3 cm³/mol. The number of carbonyl (C=O) groups is 1. The van der Waals surface area contributed by atoms with Gasteiger partial charge in [0.15, 0.2) is 5.78 Å². The SMILES string of the molecule is COc1cccc(OC)c1C1CC(=O)c2ccccc2N1. The third kappa shape index (κ3) is 2.33. The zero-order valence-corrected chi connectivity index (χ0v) is 12.1. The number of Topliss-reactive ketones (excluding diaryl/α,β-unsaturated/α-hetero) is 1. The second-order valence-electron chi connectivity index (χ2n) is 4.95. The van der Waals surface area contributed by atoms with Crippen LogP contribution in [0.1, 0.15) is 28.4 Å². The molecular formula is C17H17NO3. The summed E-state index contributed by atoms with van der Waals surface area (Å²) in [5, 5.41) is 3.41. The molecule has 0 radical (unpaired) electrons. The molecule has 1 aliphatic heterocycles. The fraction of sp³-hybridized carbons (Fsp3) is 0.235. The average Bonchev–Trinajstić information content (AvgIpc) is 2.54. The molecule has 0 aromatic heterocycles. The van der Waals surface area contributed by atoms with Crippen LogP contribution in [0.2, 0.25) is 0 Å². The van der Waals surface area contributed by atoms with E-state index in [2.05, 4.69) is 5.32 Å². The van der Waals surface area contributed by atoms with Gasteiger partial charge in [0, 0.05) is 17.7 Å². The molecule has 21 heavy (non-hydrogen) atoms. The van der Waals surface area contributed by atoms with Crippen LogP contribution in [0.25, 0.3) is 0 Å². The van der Waals surface area contributed by atoms with Crippen LogP contribution < -0.4 is 14.8 Å². The number of ketones is 1. The van der Waals surface area contributed by atoms with Gasteiger partial charge in [0.25, 0.3) is 0 Å². The minimum Gasteiger partial charge on any atom is -0.496 e. The average molecular weight is 283 g/mol. The maximum absolute atomic E-state index is 12.3. The van der Waals surface area contributed by atoms with E-state index in [0.717, 1.165) is 28.3 Å². The summed E-state index contributed by atoms with van der Waals surface area (Å²) in [7, 11) is 3.24. The Balaban J connectivity index is 2.05. The first kappa shape index (κ1) is 13.5. The monoisotopic (exact) mass is 283 g/mol. The minimum absolute atomic E-state index is 0.127. The zero-order valence-electron chi connectivity index (χ0n) is 12.1. The minimum atomic E-state index is -0.154. The van der Waals surface area contributed by atoms with Crippen LogP contribution >= 0.6 is 0 Å². The van der Waals surface area contributed by atoms with Crippen LogP contribution in [0.5, 0.6) is 11.5 Å². The van der Waals surface area contributed by atoms with Gasteiger partial charge >= 0.3 is 0 Å². The van der Waals surface area contributed by atoms with Gasteiger partial charge in [-0.2, -0.15) is 0 Å². The van der Waals surface area contributed by atoms with E-state index in [-0.39, 0.29) is 11.8 Å². The molecule has 4 heteroatoms. The quantitative estimate of drug-likeness (QED) is 0.937. The Morgan fingerprint density at radius 3 is 2.33 bits per heavy atom. The van der Waals surface area contributed by atoms with E-state index in [4.69, 9.17) is 9.47 Å². The van der Waals surface area contributed by atoms with Crippen LogP contribution in [0.4, 0.5) is 5.69 Å². The second kappa shape index (κ2) is 5.48. The van der Waals surface area contributed by atoms with Crippen LogP contribution in [-0.4, -0.2) is 20.0 Å². The summed E-state index contributed by atoms with van der Waals surface area (Å²) in [5.41, 5.74) is 2.47. The van der Waals surface area contributed by atoms with Crippen molar-refractivity contribution in [1.82, 2.24) is 0 Å². The van der Waals surface area contributed by atoms with Crippen molar-refractivity contribution < 1.29 is 14.3 Å². The molecule has 108 valence electrons. The van der Waals surface area contributed by atoms with Crippen molar-refractivity contribution in [3.8, 4) is 11.5 Å². The van der Waals surface area contributed by atoms with Crippen molar-refractivity contribution in [2.45, 2.75) is 12.5 Å². The van der Waals surface area contributed by atoms with E-state index < -0.39 is 0 Å². The van der Waals surface area contributed by atoms with Gasteiger partial charge in [0.2, 0.25) is 0 Å². The number of fused-ring (bicyclic) bond motifs is 1. The van der Waals surface area contributed by atoms with E-state index in [9.17, 15) is 4.79 Å². The van der Waals surface area contributed by atoms with E-state index in [0.29, 0.717) is 6.42 Å². The maximum atomic E-state index is 12.3. The molecule has 0 bridgehead atoms. The summed E-state index contributed by atoms with van der Waals surface area (Å²) in [6, 6.07) is 13.0. The molecule has 2 aromatic carbocycles. The Hall–Kier alpha value is -2.49. The fourth-order valence-electron chi connectivity index (χ4n) is 2.78. The van der Waals surface area contributed by atoms with Crippen LogP contribution in [-0.2, 0) is 0 Å². The molecule has 0 aliphatic carbocycles. The number of para-hydroxylation sites is 1. The number of nitrogens with one attached hydrogen (secondary N) is 1. The van der Waals surface area contributed by atoms with E-state index in [1.165, 1.54) is 0 Å². The first-order valence-corrected chi connectivity index (χ1v) is 6.84. The number of methoxy groups -OCH3 is 2. The molecule has 3 rings (SSSR count). The molecule has 2 aromatic rings. The third-order valence-electron chi connectivity index (χ3n) is 3.76. The summed E-state index contributed by atoms with van der Waals surface area (Å²) < 4.78 is 10.9. The highest BCUT2D eigenvalue weighted by Gasteiger charge is 2.29. The van der Waals surface area contributed by atoms with Gasteiger partial charge in [0.05, 0.1) is 25.8 Å². The third-order valence-corrected chi connectivity index (χ3v) is 3.76. The van der Waals surface area contributed by atoms with E-state index >= 15 is 0 Å². The number of benzene rings is 2. The maximum Gasteiger partial charge on any atom is 0.167 e. The summed E-state index contributed by atoms with van der Waals surface area (Å²) in [5.74, 6) is 1.57. The van der Waals surface area contributed by atoms with Gasteiger partial charge < -0.3 is 14.8 Å². The van der Waals surface area contributed by atoms with Crippen LogP contribution in [0.3, 0.4) is 0 Å². The smallest absolute Gasteiger partial charge is 0.167 e. The zero-order chi connectivity index (χ0) is 14.8. The number of hydrogen-bond donors (Lipinski definition) is 1. The van der Waals surface area contributed by atoms with E-state index in [1.807, 2.05) is 42.5 Å². The van der Waals surface area contributed by atoms with Gasteiger partial charge in [-0.15, -0.1) is 0 Å². The Morgan fingerprint density at radius 2 is 1.67 bits per heavy atom. The fourth-order valence-corrected chi connectivity index (χ4v) is 2.78.